The van der Waals surface area contributed by atoms with E-state index in [4.69, 9.17) is 4.99 Å². The largest absolute Gasteiger partial charge is 0.271 e. The van der Waals surface area contributed by atoms with E-state index in [1.807, 2.05) is 42.5 Å². The van der Waals surface area contributed by atoms with E-state index in [-0.39, 0.29) is 5.91 Å². The zero-order valence-electron chi connectivity index (χ0n) is 18.5. The van der Waals surface area contributed by atoms with E-state index >= 15 is 0 Å². The molecule has 1 amide bonds. The minimum absolute atomic E-state index is 0.0300. The quantitative estimate of drug-likeness (QED) is 0.286. The van der Waals surface area contributed by atoms with E-state index in [0.717, 1.165) is 35.3 Å². The Morgan fingerprint density at radius 3 is 2.25 bits per heavy atom. The minimum Gasteiger partial charge on any atom is -0.268 e. The molecule has 5 heteroatoms. The summed E-state index contributed by atoms with van der Waals surface area (Å²) in [4.78, 5) is 22.2. The molecule has 0 radical (unpaired) electrons. The van der Waals surface area contributed by atoms with E-state index in [1.54, 1.807) is 16.7 Å². The molecule has 1 heterocycles. The Labute approximate surface area is 198 Å². The summed E-state index contributed by atoms with van der Waals surface area (Å²) in [5, 5.41) is 0.698. The lowest BCUT2D eigenvalue weighted by Gasteiger charge is -2.19. The molecule has 3 nitrogen and oxygen atoms in total. The van der Waals surface area contributed by atoms with Gasteiger partial charge in [-0.25, -0.2) is 4.99 Å². The van der Waals surface area contributed by atoms with Crippen molar-refractivity contribution < 1.29 is 4.79 Å². The van der Waals surface area contributed by atoms with Gasteiger partial charge in [-0.3, -0.25) is 9.69 Å². The van der Waals surface area contributed by atoms with E-state index in [2.05, 4.69) is 56.5 Å². The Kier molecular flexibility index (Phi) is 7.18. The van der Waals surface area contributed by atoms with Crippen LogP contribution in [0.1, 0.15) is 30.5 Å². The fourth-order valence-corrected chi connectivity index (χ4v) is 5.06. The lowest BCUT2D eigenvalue weighted by Crippen LogP contribution is -2.29. The second-order valence-corrected chi connectivity index (χ2v) is 9.27. The maximum atomic E-state index is 13.6. The number of rotatable bonds is 6. The number of aliphatic imine (C=N–C) groups is 1. The number of hydrogen-bond acceptors (Lipinski definition) is 4. The molecule has 0 aromatic heterocycles. The molecule has 0 saturated carbocycles. The molecular weight excluding hydrogens is 432 g/mol. The monoisotopic (exact) mass is 458 g/mol. The van der Waals surface area contributed by atoms with Gasteiger partial charge in [0.1, 0.15) is 0 Å². The summed E-state index contributed by atoms with van der Waals surface area (Å²) in [6.07, 6.45) is 5.76. The Morgan fingerprint density at radius 2 is 1.56 bits per heavy atom. The molecule has 1 fully saturated rings. The van der Waals surface area contributed by atoms with Crippen molar-refractivity contribution in [2.75, 3.05) is 11.2 Å². The molecule has 162 valence electrons. The van der Waals surface area contributed by atoms with E-state index in [1.165, 1.54) is 22.2 Å². The van der Waals surface area contributed by atoms with Crippen LogP contribution >= 0.6 is 23.5 Å². The summed E-state index contributed by atoms with van der Waals surface area (Å²) in [7, 11) is 0. The van der Waals surface area contributed by atoms with E-state index in [0.29, 0.717) is 10.1 Å². The van der Waals surface area contributed by atoms with Gasteiger partial charge in [0.05, 0.1) is 16.3 Å². The van der Waals surface area contributed by atoms with Gasteiger partial charge in [0, 0.05) is 4.90 Å². The smallest absolute Gasteiger partial charge is 0.268 e. The minimum atomic E-state index is -0.0300. The van der Waals surface area contributed by atoms with Crippen LogP contribution in [-0.2, 0) is 17.6 Å². The van der Waals surface area contributed by atoms with Crippen LogP contribution in [0.15, 0.2) is 87.6 Å². The van der Waals surface area contributed by atoms with E-state index < -0.39 is 0 Å². The molecule has 32 heavy (non-hydrogen) atoms. The molecule has 0 spiro atoms. The molecule has 3 aromatic carbocycles. The first-order valence-corrected chi connectivity index (χ1v) is 12.8. The Bertz CT molecular complexity index is 1180. The predicted molar refractivity (Wildman–Crippen MR) is 140 cm³/mol. The third-order valence-corrected chi connectivity index (χ3v) is 7.13. The van der Waals surface area contributed by atoms with Crippen molar-refractivity contribution in [3.05, 3.63) is 94.4 Å². The van der Waals surface area contributed by atoms with Crippen molar-refractivity contribution in [2.24, 2.45) is 4.99 Å². The van der Waals surface area contributed by atoms with Gasteiger partial charge < -0.3 is 0 Å². The third-order valence-electron chi connectivity index (χ3n) is 5.42. The van der Waals surface area contributed by atoms with Gasteiger partial charge in [0.15, 0.2) is 5.17 Å². The Balaban J connectivity index is 1.81. The van der Waals surface area contributed by atoms with Crippen LogP contribution in [0.25, 0.3) is 6.08 Å². The van der Waals surface area contributed by atoms with Gasteiger partial charge in [0.2, 0.25) is 0 Å². The predicted octanol–water partition coefficient (Wildman–Crippen LogP) is 7.34. The summed E-state index contributed by atoms with van der Waals surface area (Å²) < 4.78 is 0. The fourth-order valence-electron chi connectivity index (χ4n) is 3.66. The van der Waals surface area contributed by atoms with Crippen LogP contribution < -0.4 is 4.90 Å². The van der Waals surface area contributed by atoms with Gasteiger partial charge in [-0.15, -0.1) is 11.8 Å². The number of para-hydroxylation sites is 2. The first-order valence-electron chi connectivity index (χ1n) is 10.8. The standard InChI is InChI=1S/C27H26N2OS2/c1-4-20-10-6-8-12-23(20)28-27-29(24-13-9-7-11-21(24)5-2)26(30)25(32-27)18-19-14-16-22(31-3)17-15-19/h6-18H,4-5H2,1-3H3. The number of carbonyl (C=O) groups excluding carboxylic acids is 1. The van der Waals surface area contributed by atoms with Gasteiger partial charge >= 0.3 is 0 Å². The van der Waals surface area contributed by atoms with Crippen molar-refractivity contribution in [1.29, 1.82) is 0 Å². The number of amidine groups is 1. The highest BCUT2D eigenvalue weighted by Gasteiger charge is 2.35. The topological polar surface area (TPSA) is 32.7 Å². The number of aryl methyl sites for hydroxylation is 2. The Morgan fingerprint density at radius 1 is 0.906 bits per heavy atom. The van der Waals surface area contributed by atoms with Crippen LogP contribution in [0.3, 0.4) is 0 Å². The first-order chi connectivity index (χ1) is 15.6. The fraction of sp³-hybridized carbons (Fsp3) is 0.185. The molecular formula is C27H26N2OS2. The SMILES string of the molecule is CCc1ccccc1N=C1SC(=Cc2ccc(SC)cc2)C(=O)N1c1ccccc1CC. The highest BCUT2D eigenvalue weighted by Crippen LogP contribution is 2.39. The average molecular weight is 459 g/mol. The molecule has 1 saturated heterocycles. The first kappa shape index (κ1) is 22.4. The van der Waals surface area contributed by atoms with Gasteiger partial charge in [0.25, 0.3) is 5.91 Å². The number of carbonyl (C=O) groups is 1. The normalized spacial score (nSPS) is 16.3. The van der Waals surface area contributed by atoms with Crippen LogP contribution in [-0.4, -0.2) is 17.3 Å². The number of anilines is 1. The van der Waals surface area contributed by atoms with Crippen molar-refractivity contribution in [3.63, 3.8) is 0 Å². The van der Waals surface area contributed by atoms with E-state index in [9.17, 15) is 4.79 Å². The summed E-state index contributed by atoms with van der Waals surface area (Å²) in [6, 6.07) is 24.5. The molecule has 0 N–H and O–H groups in total. The van der Waals surface area contributed by atoms with Crippen molar-refractivity contribution >= 4 is 52.0 Å². The molecule has 0 atom stereocenters. The third kappa shape index (κ3) is 4.69. The molecule has 1 aliphatic heterocycles. The summed E-state index contributed by atoms with van der Waals surface area (Å²) in [5.74, 6) is -0.0300. The lowest BCUT2D eigenvalue weighted by atomic mass is 10.1. The van der Waals surface area contributed by atoms with Crippen LogP contribution in [0, 0.1) is 0 Å². The Hall–Kier alpha value is -2.76. The zero-order valence-corrected chi connectivity index (χ0v) is 20.2. The summed E-state index contributed by atoms with van der Waals surface area (Å²) >= 11 is 3.15. The number of benzene rings is 3. The van der Waals surface area contributed by atoms with Crippen LogP contribution in [0.2, 0.25) is 0 Å². The highest BCUT2D eigenvalue weighted by atomic mass is 32.2. The van der Waals surface area contributed by atoms with Crippen molar-refractivity contribution in [3.8, 4) is 0 Å². The zero-order chi connectivity index (χ0) is 22.5. The van der Waals surface area contributed by atoms with Crippen molar-refractivity contribution in [1.82, 2.24) is 0 Å². The molecule has 3 aromatic rings. The van der Waals surface area contributed by atoms with Gasteiger partial charge in [-0.1, -0.05) is 62.4 Å². The van der Waals surface area contributed by atoms with Gasteiger partial charge in [-0.05, 0) is 77.9 Å². The maximum Gasteiger partial charge on any atom is 0.271 e. The molecule has 0 unspecified atom stereocenters. The maximum absolute atomic E-state index is 13.6. The number of thioether (sulfide) groups is 2. The lowest BCUT2D eigenvalue weighted by molar-refractivity contribution is -0.113. The van der Waals surface area contributed by atoms with Gasteiger partial charge in [-0.2, -0.15) is 0 Å². The second-order valence-electron chi connectivity index (χ2n) is 7.38. The molecule has 0 bridgehead atoms. The highest BCUT2D eigenvalue weighted by molar-refractivity contribution is 8.19. The molecule has 4 rings (SSSR count). The van der Waals surface area contributed by atoms with Crippen LogP contribution in [0.5, 0.6) is 0 Å². The number of amides is 1. The van der Waals surface area contributed by atoms with Crippen LogP contribution in [0.4, 0.5) is 11.4 Å². The molecule has 0 aliphatic carbocycles. The number of hydrogen-bond donors (Lipinski definition) is 0. The summed E-state index contributed by atoms with van der Waals surface area (Å²) in [6.45, 7) is 4.24. The summed E-state index contributed by atoms with van der Waals surface area (Å²) in [5.41, 5.74) is 5.12. The molecule has 1 aliphatic rings. The van der Waals surface area contributed by atoms with Crippen molar-refractivity contribution in [2.45, 2.75) is 31.6 Å². The number of nitrogens with zero attached hydrogens (tertiary/aromatic N) is 2. The second kappa shape index (κ2) is 10.2. The average Bonchev–Trinajstić information content (AvgIpc) is 3.14.